The molecule has 0 saturated carbocycles. The van der Waals surface area contributed by atoms with Crippen molar-refractivity contribution in [3.63, 3.8) is 0 Å². The van der Waals surface area contributed by atoms with E-state index in [1.54, 1.807) is 17.8 Å². The first-order chi connectivity index (χ1) is 9.32. The number of alkyl halides is 3. The zero-order valence-corrected chi connectivity index (χ0v) is 12.2. The number of hydrogen-bond acceptors (Lipinski definition) is 3. The van der Waals surface area contributed by atoms with Crippen LogP contribution < -0.4 is 5.32 Å². The van der Waals surface area contributed by atoms with Crippen LogP contribution in [0.15, 0.2) is 29.3 Å². The third-order valence-corrected chi connectivity index (χ3v) is 4.33. The molecule has 1 heterocycles. The molecule has 1 aliphatic heterocycles. The third kappa shape index (κ3) is 3.69. The molecule has 0 amide bonds. The molecule has 1 unspecified atom stereocenters. The molecule has 0 spiro atoms. The summed E-state index contributed by atoms with van der Waals surface area (Å²) >= 11 is 1.55. The van der Waals surface area contributed by atoms with Crippen LogP contribution in [0.2, 0.25) is 0 Å². The van der Waals surface area contributed by atoms with Gasteiger partial charge in [0.25, 0.3) is 0 Å². The van der Waals surface area contributed by atoms with Gasteiger partial charge in [0.05, 0.1) is 11.1 Å². The molecule has 0 aromatic heterocycles. The Kier molecular flexibility index (Phi) is 4.32. The van der Waals surface area contributed by atoms with Gasteiger partial charge in [-0.3, -0.25) is 4.99 Å². The van der Waals surface area contributed by atoms with Crippen LogP contribution in [0.5, 0.6) is 0 Å². The van der Waals surface area contributed by atoms with Crippen LogP contribution in [0.1, 0.15) is 32.3 Å². The summed E-state index contributed by atoms with van der Waals surface area (Å²) < 4.78 is 38.0. The molecule has 110 valence electrons. The van der Waals surface area contributed by atoms with Gasteiger partial charge in [0.2, 0.25) is 0 Å². The predicted octanol–water partition coefficient (Wildman–Crippen LogP) is 4.78. The standard InChI is InChI=1S/C14H17F3N2S/c1-3-13(2)7-8-20-12(19-13)18-11-6-4-5-10(9-11)14(15,16)17/h4-6,9H,3,7-8H2,1-2H3,(H,18,19). The zero-order chi connectivity index (χ0) is 14.8. The van der Waals surface area contributed by atoms with Crippen LogP contribution in [0.25, 0.3) is 0 Å². The van der Waals surface area contributed by atoms with E-state index in [1.807, 2.05) is 0 Å². The van der Waals surface area contributed by atoms with E-state index < -0.39 is 11.7 Å². The predicted molar refractivity (Wildman–Crippen MR) is 78.3 cm³/mol. The molecule has 0 radical (unpaired) electrons. The van der Waals surface area contributed by atoms with E-state index in [2.05, 4.69) is 24.2 Å². The average Bonchev–Trinajstić information content (AvgIpc) is 2.38. The van der Waals surface area contributed by atoms with Crippen LogP contribution in [0, 0.1) is 0 Å². The normalized spacial score (nSPS) is 23.4. The number of anilines is 1. The molecule has 1 aliphatic rings. The SMILES string of the molecule is CCC1(C)CCSC(Nc2cccc(C(F)(F)F)c2)=N1. The van der Waals surface area contributed by atoms with Crippen molar-refractivity contribution in [3.05, 3.63) is 29.8 Å². The van der Waals surface area contributed by atoms with Gasteiger partial charge in [0.15, 0.2) is 5.17 Å². The summed E-state index contributed by atoms with van der Waals surface area (Å²) in [4.78, 5) is 4.61. The van der Waals surface area contributed by atoms with Gasteiger partial charge in [0.1, 0.15) is 0 Å². The Morgan fingerprint density at radius 1 is 1.40 bits per heavy atom. The highest BCUT2D eigenvalue weighted by atomic mass is 32.2. The lowest BCUT2D eigenvalue weighted by Crippen LogP contribution is -2.29. The van der Waals surface area contributed by atoms with E-state index in [1.165, 1.54) is 6.07 Å². The van der Waals surface area contributed by atoms with Crippen molar-refractivity contribution in [2.24, 2.45) is 4.99 Å². The number of aliphatic imine (C=N–C) groups is 1. The van der Waals surface area contributed by atoms with Crippen molar-refractivity contribution >= 4 is 22.6 Å². The Morgan fingerprint density at radius 3 is 2.80 bits per heavy atom. The van der Waals surface area contributed by atoms with Crippen molar-refractivity contribution in [1.82, 2.24) is 0 Å². The van der Waals surface area contributed by atoms with E-state index in [9.17, 15) is 13.2 Å². The summed E-state index contributed by atoms with van der Waals surface area (Å²) in [5.41, 5.74) is -0.344. The fourth-order valence-electron chi connectivity index (χ4n) is 1.92. The van der Waals surface area contributed by atoms with E-state index in [0.29, 0.717) is 10.9 Å². The summed E-state index contributed by atoms with van der Waals surface area (Å²) in [6.07, 6.45) is -2.42. The second-order valence-corrected chi connectivity index (χ2v) is 6.15. The van der Waals surface area contributed by atoms with Gasteiger partial charge >= 0.3 is 6.18 Å². The second kappa shape index (κ2) is 5.68. The van der Waals surface area contributed by atoms with Crippen LogP contribution in [0.3, 0.4) is 0 Å². The molecule has 1 aromatic carbocycles. The first-order valence-corrected chi connectivity index (χ1v) is 7.48. The Hall–Kier alpha value is -1.17. The van der Waals surface area contributed by atoms with Crippen molar-refractivity contribution in [2.75, 3.05) is 11.1 Å². The fourth-order valence-corrected chi connectivity index (χ4v) is 3.13. The van der Waals surface area contributed by atoms with Crippen LogP contribution in [-0.4, -0.2) is 16.5 Å². The molecule has 2 nitrogen and oxygen atoms in total. The topological polar surface area (TPSA) is 24.4 Å². The van der Waals surface area contributed by atoms with E-state index >= 15 is 0 Å². The number of halogens is 3. The molecule has 1 atom stereocenters. The quantitative estimate of drug-likeness (QED) is 0.850. The molecule has 2 rings (SSSR count). The minimum absolute atomic E-state index is 0.116. The number of nitrogens with zero attached hydrogens (tertiary/aromatic N) is 1. The molecule has 0 saturated heterocycles. The van der Waals surface area contributed by atoms with Crippen molar-refractivity contribution in [3.8, 4) is 0 Å². The first-order valence-electron chi connectivity index (χ1n) is 6.49. The van der Waals surface area contributed by atoms with E-state index in [0.717, 1.165) is 30.7 Å². The number of amidine groups is 1. The van der Waals surface area contributed by atoms with Crippen LogP contribution >= 0.6 is 11.8 Å². The molecule has 20 heavy (non-hydrogen) atoms. The molecular formula is C14H17F3N2S. The Bertz CT molecular complexity index is 513. The molecule has 0 bridgehead atoms. The molecule has 0 aliphatic carbocycles. The van der Waals surface area contributed by atoms with Gasteiger partial charge in [0, 0.05) is 11.4 Å². The maximum Gasteiger partial charge on any atom is 0.416 e. The Morgan fingerprint density at radius 2 is 2.15 bits per heavy atom. The van der Waals surface area contributed by atoms with Crippen LogP contribution in [-0.2, 0) is 6.18 Å². The Balaban J connectivity index is 2.18. The summed E-state index contributed by atoms with van der Waals surface area (Å²) in [6.45, 7) is 4.14. The smallest absolute Gasteiger partial charge is 0.335 e. The number of nitrogens with one attached hydrogen (secondary N) is 1. The highest BCUT2D eigenvalue weighted by molar-refractivity contribution is 8.14. The molecule has 6 heteroatoms. The van der Waals surface area contributed by atoms with E-state index in [4.69, 9.17) is 0 Å². The van der Waals surface area contributed by atoms with Gasteiger partial charge in [-0.1, -0.05) is 24.8 Å². The lowest BCUT2D eigenvalue weighted by Gasteiger charge is -2.29. The maximum absolute atomic E-state index is 12.7. The minimum Gasteiger partial charge on any atom is -0.335 e. The van der Waals surface area contributed by atoms with Crippen molar-refractivity contribution in [1.29, 1.82) is 0 Å². The maximum atomic E-state index is 12.7. The molecule has 1 aromatic rings. The zero-order valence-electron chi connectivity index (χ0n) is 11.4. The molecular weight excluding hydrogens is 285 g/mol. The number of rotatable bonds is 2. The number of hydrogen-bond donors (Lipinski definition) is 1. The van der Waals surface area contributed by atoms with Crippen molar-refractivity contribution in [2.45, 2.75) is 38.4 Å². The second-order valence-electron chi connectivity index (χ2n) is 5.07. The van der Waals surface area contributed by atoms with Crippen LogP contribution in [0.4, 0.5) is 18.9 Å². The number of benzene rings is 1. The van der Waals surface area contributed by atoms with E-state index in [-0.39, 0.29) is 5.54 Å². The first kappa shape index (κ1) is 15.2. The monoisotopic (exact) mass is 302 g/mol. The minimum atomic E-state index is -4.32. The largest absolute Gasteiger partial charge is 0.416 e. The van der Waals surface area contributed by atoms with Gasteiger partial charge in [-0.2, -0.15) is 13.2 Å². The summed E-state index contributed by atoms with van der Waals surface area (Å²) in [5.74, 6) is 0.926. The average molecular weight is 302 g/mol. The fraction of sp³-hybridized carbons (Fsp3) is 0.500. The lowest BCUT2D eigenvalue weighted by molar-refractivity contribution is -0.137. The highest BCUT2D eigenvalue weighted by Crippen LogP contribution is 2.32. The Labute approximate surface area is 120 Å². The van der Waals surface area contributed by atoms with Gasteiger partial charge in [-0.25, -0.2) is 0 Å². The summed E-state index contributed by atoms with van der Waals surface area (Å²) in [5, 5.41) is 3.69. The number of thioether (sulfide) groups is 1. The van der Waals surface area contributed by atoms with Gasteiger partial charge in [-0.05, 0) is 38.0 Å². The van der Waals surface area contributed by atoms with Crippen molar-refractivity contribution < 1.29 is 13.2 Å². The van der Waals surface area contributed by atoms with Gasteiger partial charge in [-0.15, -0.1) is 0 Å². The summed E-state index contributed by atoms with van der Waals surface area (Å²) in [7, 11) is 0. The van der Waals surface area contributed by atoms with Gasteiger partial charge < -0.3 is 5.32 Å². The summed E-state index contributed by atoms with van der Waals surface area (Å²) in [6, 6.07) is 5.20. The third-order valence-electron chi connectivity index (χ3n) is 3.45. The highest BCUT2D eigenvalue weighted by Gasteiger charge is 2.31. The molecule has 0 fully saturated rings. The molecule has 1 N–H and O–H groups in total. The lowest BCUT2D eigenvalue weighted by atomic mass is 9.97.